The van der Waals surface area contributed by atoms with E-state index in [-0.39, 0.29) is 87.4 Å². The van der Waals surface area contributed by atoms with Crippen molar-refractivity contribution in [1.82, 2.24) is 0 Å². The van der Waals surface area contributed by atoms with Crippen molar-refractivity contribution < 1.29 is 182 Å². The van der Waals surface area contributed by atoms with E-state index in [0.717, 1.165) is 7.11 Å². The molecular formula is C36H37F20NO6Y2-4. The van der Waals surface area contributed by atoms with Crippen LogP contribution in [-0.4, -0.2) is 81.4 Å². The molecule has 0 aromatic heterocycles. The third-order valence-electron chi connectivity index (χ3n) is 5.41. The zero-order valence-electron chi connectivity index (χ0n) is 33.9. The van der Waals surface area contributed by atoms with Gasteiger partial charge >= 0.3 is 54.8 Å². The quantitative estimate of drug-likeness (QED) is 0.0943. The van der Waals surface area contributed by atoms with Crippen LogP contribution in [0.5, 0.6) is 0 Å². The number of carbonyl (C=O) groups is 2. The molecular weight excluding hydrogens is 1100 g/mol. The fourth-order valence-corrected chi connectivity index (χ4v) is 2.96. The van der Waals surface area contributed by atoms with Crippen molar-refractivity contribution in [2.75, 3.05) is 26.1 Å². The summed E-state index contributed by atoms with van der Waals surface area (Å²) in [6.45, 7) is -2.06. The van der Waals surface area contributed by atoms with Crippen LogP contribution in [0.15, 0.2) is 91.0 Å². The predicted octanol–water partition coefficient (Wildman–Crippen LogP) is 13.4. The van der Waals surface area contributed by atoms with E-state index < -0.39 is 80.0 Å². The number of anilines is 1. The summed E-state index contributed by atoms with van der Waals surface area (Å²) in [7, 11) is 0.873. The molecule has 3 aromatic rings. The van der Waals surface area contributed by atoms with E-state index in [0.29, 0.717) is 12.6 Å². The third kappa shape index (κ3) is 35.3. The Kier molecular flexibility index (Phi) is 42.0. The maximum atomic E-state index is 13.2. The molecule has 0 fully saturated rings. The van der Waals surface area contributed by atoms with Crippen molar-refractivity contribution >= 4 is 17.6 Å². The van der Waals surface area contributed by atoms with Crippen molar-refractivity contribution in [2.24, 2.45) is 0 Å². The van der Waals surface area contributed by atoms with Gasteiger partial charge in [0.05, 0.1) is 7.11 Å². The molecule has 372 valence electrons. The number of ether oxygens (including phenoxy) is 3. The van der Waals surface area contributed by atoms with Gasteiger partial charge in [-0.05, 0) is 16.7 Å². The second kappa shape index (κ2) is 35.6. The average Bonchev–Trinajstić information content (AvgIpc) is 3.14. The van der Waals surface area contributed by atoms with E-state index in [1.165, 1.54) is 0 Å². The number of ketones is 1. The summed E-state index contributed by atoms with van der Waals surface area (Å²) in [5, 5.41) is 2.00. The number of methoxy groups -OCH3 is 1. The average molecular weight is 1140 g/mol. The molecule has 65 heavy (non-hydrogen) atoms. The molecule has 0 saturated heterocycles. The molecule has 2 radical (unpaired) electrons. The molecule has 3 rings (SSSR count). The van der Waals surface area contributed by atoms with Crippen LogP contribution < -0.4 is 5.32 Å². The van der Waals surface area contributed by atoms with Gasteiger partial charge in [0.2, 0.25) is 5.78 Å². The normalized spacial score (nSPS) is 12.8. The number of halogens is 20. The minimum absolute atomic E-state index is 0. The Balaban J connectivity index is -0.000000132. The molecule has 29 heteroatoms. The molecule has 0 aliphatic heterocycles. The standard InChI is InChI=1S/C8H7F9O2.C7H6FNO.C6H5F9O2.2C6H5.CH3FO.2CH3.2Y/c1-2-4(18)7(14,8(15,16)17)19-6(12,13)3-5(9,10)11;8-7(10)9-6-4-2-1-3-5-6;1-16-4(10,5(11,12)13)6(14,15)17-2-3(7,8)9;2*1-2-4-6-5-3-1;1-3-2;;;;/h2-3H2,1H3;1-5H,(H,9,10);2H2,1H3;2*1-5H;1H3;2*1H3;;/q;;;2*-1;;2*-1;;. The number of hydrogen-bond donors (Lipinski definition) is 1. The summed E-state index contributed by atoms with van der Waals surface area (Å²) >= 11 is 0. The number of para-hydroxylation sites is 1. The Morgan fingerprint density at radius 3 is 1.22 bits per heavy atom. The van der Waals surface area contributed by atoms with Gasteiger partial charge in [-0.15, -0.1) is 4.39 Å². The van der Waals surface area contributed by atoms with Crippen molar-refractivity contribution in [3.8, 4) is 0 Å². The van der Waals surface area contributed by atoms with Crippen LogP contribution in [0.2, 0.25) is 0 Å². The summed E-state index contributed by atoms with van der Waals surface area (Å²) in [4.78, 5) is 23.3. The molecule has 2 atom stereocenters. The zero-order valence-corrected chi connectivity index (χ0v) is 39.6. The predicted molar refractivity (Wildman–Crippen MR) is 184 cm³/mol. The molecule has 0 aliphatic rings. The van der Waals surface area contributed by atoms with Gasteiger partial charge in [0.25, 0.3) is 0 Å². The first-order valence-electron chi connectivity index (χ1n) is 15.4. The van der Waals surface area contributed by atoms with E-state index in [1.54, 1.807) is 30.3 Å². The Bertz CT molecular complexity index is 1510. The van der Waals surface area contributed by atoms with Gasteiger partial charge in [-0.25, -0.2) is 4.79 Å². The smallest absolute Gasteiger partial charge is 0.358 e. The first kappa shape index (κ1) is 76.7. The Labute approximate surface area is 409 Å². The Morgan fingerprint density at radius 1 is 0.615 bits per heavy atom. The molecule has 0 aliphatic carbocycles. The van der Waals surface area contributed by atoms with Gasteiger partial charge in [-0.3, -0.25) is 14.8 Å². The van der Waals surface area contributed by atoms with Gasteiger partial charge in [0.1, 0.15) is 13.0 Å². The molecule has 1 N–H and O–H groups in total. The maximum absolute atomic E-state index is 13.2. The molecule has 3 aromatic carbocycles. The van der Waals surface area contributed by atoms with Gasteiger partial charge in [0, 0.05) is 84.6 Å². The van der Waals surface area contributed by atoms with Gasteiger partial charge in [0.15, 0.2) is 0 Å². The number of Topliss-reactive ketones (excluding diaryl/α,β-unsaturated/α-hetero) is 1. The van der Waals surface area contributed by atoms with Crippen LogP contribution in [-0.2, 0) is 89.4 Å². The van der Waals surface area contributed by atoms with Gasteiger partial charge in [-0.2, -0.15) is 157 Å². The summed E-state index contributed by atoms with van der Waals surface area (Å²) in [5.41, 5.74) is 0.468. The third-order valence-corrected chi connectivity index (χ3v) is 5.41. The number of hydrogen-bond acceptors (Lipinski definition) is 6. The van der Waals surface area contributed by atoms with Crippen LogP contribution in [0, 0.1) is 27.0 Å². The summed E-state index contributed by atoms with van der Waals surface area (Å²) < 4.78 is 247. The largest absolute Gasteiger partial charge is 0.457 e. The minimum atomic E-state index is -6.27. The Morgan fingerprint density at radius 2 is 0.985 bits per heavy atom. The number of alkyl halides is 18. The number of carbonyl (C=O) groups excluding carboxylic acids is 2. The van der Waals surface area contributed by atoms with E-state index in [9.17, 15) is 97.5 Å². The number of nitrogens with one attached hydrogen (secondary N) is 1. The van der Waals surface area contributed by atoms with E-state index in [1.807, 2.05) is 66.0 Å². The molecule has 0 bridgehead atoms. The summed E-state index contributed by atoms with van der Waals surface area (Å²) in [6.07, 6.45) is -40.7. The SMILES string of the molecule is CCC(=O)C(F)(OC(F)(F)CC(F)(F)F)C(F)(F)F.COC(F)(C(F)(F)F)C(F)(F)OCC(F)(F)F.COF.O=C(F)Nc1ccccc1.[CH3-].[CH3-].[Y].[Y].[c-]1ccccc1.[c-]1ccccc1. The van der Waals surface area contributed by atoms with E-state index in [2.05, 4.69) is 31.3 Å². The molecule has 0 spiro atoms. The Hall–Kier alpha value is -2.55. The monoisotopic (exact) mass is 1140 g/mol. The van der Waals surface area contributed by atoms with Crippen molar-refractivity contribution in [1.29, 1.82) is 0 Å². The topological polar surface area (TPSA) is 83.1 Å². The first-order chi connectivity index (χ1) is 27.6. The fraction of sp³-hybridized carbons (Fsp3) is 0.389. The van der Waals surface area contributed by atoms with Crippen LogP contribution in [0.1, 0.15) is 19.8 Å². The van der Waals surface area contributed by atoms with Crippen molar-refractivity contribution in [3.63, 3.8) is 0 Å². The summed E-state index contributed by atoms with van der Waals surface area (Å²) in [5.74, 6) is -13.6. The molecule has 0 heterocycles. The second-order valence-corrected chi connectivity index (χ2v) is 10.2. The number of rotatable bonds is 10. The molecule has 7 nitrogen and oxygen atoms in total. The molecule has 1 amide bonds. The van der Waals surface area contributed by atoms with E-state index in [4.69, 9.17) is 0 Å². The van der Waals surface area contributed by atoms with Crippen LogP contribution in [0.3, 0.4) is 0 Å². The minimum Gasteiger partial charge on any atom is -0.358 e. The molecule has 0 saturated carbocycles. The summed E-state index contributed by atoms with van der Waals surface area (Å²) in [6, 6.07) is 33.4. The van der Waals surface area contributed by atoms with Gasteiger partial charge < -0.3 is 24.3 Å². The van der Waals surface area contributed by atoms with Crippen molar-refractivity contribution in [2.45, 2.75) is 68.4 Å². The van der Waals surface area contributed by atoms with Gasteiger partial charge in [-0.1, -0.05) is 25.1 Å². The second-order valence-electron chi connectivity index (χ2n) is 10.2. The maximum Gasteiger partial charge on any atom is 0.457 e. The molecule has 2 unspecified atom stereocenters. The fourth-order valence-electron chi connectivity index (χ4n) is 2.96. The number of amides is 1. The number of benzene rings is 3. The van der Waals surface area contributed by atoms with Crippen LogP contribution in [0.25, 0.3) is 0 Å². The van der Waals surface area contributed by atoms with Crippen molar-refractivity contribution in [3.05, 3.63) is 118 Å². The van der Waals surface area contributed by atoms with E-state index >= 15 is 0 Å². The van der Waals surface area contributed by atoms with Crippen LogP contribution >= 0.6 is 0 Å². The first-order valence-corrected chi connectivity index (χ1v) is 15.4. The zero-order chi connectivity index (χ0) is 48.4. The van der Waals surface area contributed by atoms with Crippen LogP contribution in [0.4, 0.5) is 98.4 Å².